The normalized spacial score (nSPS) is 13.0. The lowest BCUT2D eigenvalue weighted by Gasteiger charge is -2.25. The van der Waals surface area contributed by atoms with Gasteiger partial charge in [-0.05, 0) is 27.2 Å². The molecule has 8 nitrogen and oxygen atoms in total. The van der Waals surface area contributed by atoms with Crippen LogP contribution >= 0.6 is 0 Å². The van der Waals surface area contributed by atoms with Gasteiger partial charge in [0.25, 0.3) is 5.91 Å². The van der Waals surface area contributed by atoms with Gasteiger partial charge in [0, 0.05) is 0 Å². The Kier molecular flexibility index (Phi) is 11.9. The highest BCUT2D eigenvalue weighted by Crippen LogP contribution is 2.09. The van der Waals surface area contributed by atoms with E-state index in [1.165, 1.54) is 0 Å². The van der Waals surface area contributed by atoms with Crippen LogP contribution in [0.2, 0.25) is 0 Å². The minimum atomic E-state index is -1.54. The van der Waals surface area contributed by atoms with Crippen LogP contribution in [0.3, 0.4) is 0 Å². The second kappa shape index (κ2) is 11.7. The van der Waals surface area contributed by atoms with Gasteiger partial charge >= 0.3 is 12.1 Å². The van der Waals surface area contributed by atoms with Gasteiger partial charge in [0.2, 0.25) is 0 Å². The molecule has 0 aliphatic rings. The first-order valence-electron chi connectivity index (χ1n) is 7.74. The van der Waals surface area contributed by atoms with Crippen molar-refractivity contribution < 1.29 is 29.3 Å². The third kappa shape index (κ3) is 12.4. The number of ether oxygens (including phenoxy) is 1. The predicted molar refractivity (Wildman–Crippen MR) is 86.1 cm³/mol. The molecule has 0 aromatic heterocycles. The SMILES string of the molecule is CC.CCCC(NC(=O)OC(C)(C)C)C(O)C(=O)NCC(=O)O. The van der Waals surface area contributed by atoms with Gasteiger partial charge in [-0.25, -0.2) is 4.79 Å². The van der Waals surface area contributed by atoms with Crippen LogP contribution in [-0.2, 0) is 14.3 Å². The van der Waals surface area contributed by atoms with Gasteiger partial charge in [0.1, 0.15) is 12.1 Å². The maximum Gasteiger partial charge on any atom is 0.407 e. The fourth-order valence-electron chi connectivity index (χ4n) is 1.53. The van der Waals surface area contributed by atoms with Crippen molar-refractivity contribution in [2.24, 2.45) is 0 Å². The lowest BCUT2D eigenvalue weighted by molar-refractivity contribution is -0.140. The van der Waals surface area contributed by atoms with Crippen molar-refractivity contribution in [2.75, 3.05) is 6.54 Å². The second-order valence-electron chi connectivity index (χ2n) is 5.60. The largest absolute Gasteiger partial charge is 0.480 e. The Morgan fingerprint density at radius 1 is 1.17 bits per heavy atom. The van der Waals surface area contributed by atoms with Crippen LogP contribution in [0, 0.1) is 0 Å². The van der Waals surface area contributed by atoms with Crippen molar-refractivity contribution in [2.45, 2.75) is 72.1 Å². The van der Waals surface area contributed by atoms with E-state index in [1.807, 2.05) is 20.8 Å². The van der Waals surface area contributed by atoms with Crippen LogP contribution in [0.1, 0.15) is 54.4 Å². The first-order chi connectivity index (χ1) is 10.6. The highest BCUT2D eigenvalue weighted by Gasteiger charge is 2.28. The van der Waals surface area contributed by atoms with E-state index in [2.05, 4.69) is 10.6 Å². The molecule has 23 heavy (non-hydrogen) atoms. The predicted octanol–water partition coefficient (Wildman–Crippen LogP) is 1.27. The van der Waals surface area contributed by atoms with Crippen LogP contribution in [0.15, 0.2) is 0 Å². The van der Waals surface area contributed by atoms with Gasteiger partial charge in [0.15, 0.2) is 6.10 Å². The molecule has 0 radical (unpaired) electrons. The molecule has 8 heteroatoms. The molecular weight excluding hydrogens is 304 g/mol. The van der Waals surface area contributed by atoms with Crippen molar-refractivity contribution in [3.8, 4) is 0 Å². The number of amides is 2. The van der Waals surface area contributed by atoms with Crippen molar-refractivity contribution in [1.29, 1.82) is 0 Å². The van der Waals surface area contributed by atoms with Gasteiger partial charge in [-0.2, -0.15) is 0 Å². The lowest BCUT2D eigenvalue weighted by atomic mass is 10.1. The van der Waals surface area contributed by atoms with Crippen LogP contribution in [0.25, 0.3) is 0 Å². The summed E-state index contributed by atoms with van der Waals surface area (Å²) in [6.45, 7) is 10.3. The van der Waals surface area contributed by atoms with E-state index in [0.29, 0.717) is 12.8 Å². The molecule has 2 amide bonds. The molecule has 0 saturated carbocycles. The molecule has 0 aromatic carbocycles. The molecule has 4 N–H and O–H groups in total. The summed E-state index contributed by atoms with van der Waals surface area (Å²) in [5, 5.41) is 22.9. The number of aliphatic carboxylic acids is 1. The van der Waals surface area contributed by atoms with Gasteiger partial charge in [-0.3, -0.25) is 9.59 Å². The Hall–Kier alpha value is -1.83. The zero-order valence-corrected chi connectivity index (χ0v) is 14.8. The Morgan fingerprint density at radius 2 is 1.70 bits per heavy atom. The Balaban J connectivity index is 0. The number of carbonyl (C=O) groups is 3. The molecule has 0 saturated heterocycles. The molecule has 136 valence electrons. The summed E-state index contributed by atoms with van der Waals surface area (Å²) < 4.78 is 5.06. The van der Waals surface area contributed by atoms with E-state index >= 15 is 0 Å². The number of carboxylic acid groups (broad SMARTS) is 1. The average molecular weight is 334 g/mol. The second-order valence-corrected chi connectivity index (χ2v) is 5.60. The molecule has 2 unspecified atom stereocenters. The molecule has 0 aliphatic heterocycles. The summed E-state index contributed by atoms with van der Waals surface area (Å²) in [6.07, 6.45) is -1.33. The first kappa shape index (κ1) is 23.4. The zero-order chi connectivity index (χ0) is 18.6. The zero-order valence-electron chi connectivity index (χ0n) is 14.8. The quantitative estimate of drug-likeness (QED) is 0.555. The molecule has 0 aromatic rings. The summed E-state index contributed by atoms with van der Waals surface area (Å²) >= 11 is 0. The van der Waals surface area contributed by atoms with E-state index in [9.17, 15) is 19.5 Å². The van der Waals surface area contributed by atoms with Crippen molar-refractivity contribution in [1.82, 2.24) is 10.6 Å². The molecule has 0 fully saturated rings. The Bertz CT molecular complexity index is 379. The van der Waals surface area contributed by atoms with Crippen LogP contribution in [0.4, 0.5) is 4.79 Å². The van der Waals surface area contributed by atoms with Crippen molar-refractivity contribution >= 4 is 18.0 Å². The third-order valence-corrected chi connectivity index (χ3v) is 2.37. The summed E-state index contributed by atoms with van der Waals surface area (Å²) in [7, 11) is 0. The van der Waals surface area contributed by atoms with E-state index in [1.54, 1.807) is 20.8 Å². The number of rotatable bonds is 7. The van der Waals surface area contributed by atoms with E-state index in [4.69, 9.17) is 9.84 Å². The molecular formula is C15H30N2O6. The van der Waals surface area contributed by atoms with Gasteiger partial charge < -0.3 is 25.6 Å². The Morgan fingerprint density at radius 3 is 2.09 bits per heavy atom. The number of aliphatic hydroxyl groups excluding tert-OH is 1. The van der Waals surface area contributed by atoms with E-state index in [-0.39, 0.29) is 0 Å². The maximum atomic E-state index is 11.7. The number of carbonyl (C=O) groups excluding carboxylic acids is 2. The monoisotopic (exact) mass is 334 g/mol. The minimum Gasteiger partial charge on any atom is -0.480 e. The fourth-order valence-corrected chi connectivity index (χ4v) is 1.53. The van der Waals surface area contributed by atoms with Gasteiger partial charge in [0.05, 0.1) is 6.04 Å². The fraction of sp³-hybridized carbons (Fsp3) is 0.800. The number of aliphatic hydroxyl groups is 1. The first-order valence-corrected chi connectivity index (χ1v) is 7.74. The molecule has 2 atom stereocenters. The van der Waals surface area contributed by atoms with Crippen molar-refractivity contribution in [3.63, 3.8) is 0 Å². The summed E-state index contributed by atoms with van der Waals surface area (Å²) in [4.78, 5) is 33.7. The lowest BCUT2D eigenvalue weighted by Crippen LogP contribution is -2.52. The topological polar surface area (TPSA) is 125 Å². The van der Waals surface area contributed by atoms with Crippen LogP contribution < -0.4 is 10.6 Å². The smallest absolute Gasteiger partial charge is 0.407 e. The standard InChI is InChI=1S/C13H24N2O6.C2H6/c1-5-6-8(15-12(20)21-13(2,3)4)10(18)11(19)14-7-9(16)17;1-2/h8,10,18H,5-7H2,1-4H3,(H,14,19)(H,15,20)(H,16,17);1-2H3. The third-order valence-electron chi connectivity index (χ3n) is 2.37. The highest BCUT2D eigenvalue weighted by atomic mass is 16.6. The van der Waals surface area contributed by atoms with E-state index < -0.39 is 42.3 Å². The minimum absolute atomic E-state index is 0.348. The number of hydrogen-bond acceptors (Lipinski definition) is 5. The maximum absolute atomic E-state index is 11.7. The van der Waals surface area contributed by atoms with Crippen molar-refractivity contribution in [3.05, 3.63) is 0 Å². The van der Waals surface area contributed by atoms with Crippen LogP contribution in [0.5, 0.6) is 0 Å². The Labute approximate surface area is 137 Å². The molecule has 0 bridgehead atoms. The molecule has 0 aliphatic carbocycles. The van der Waals surface area contributed by atoms with Crippen LogP contribution in [-0.4, -0.2) is 52.5 Å². The van der Waals surface area contributed by atoms with Gasteiger partial charge in [-0.1, -0.05) is 27.2 Å². The molecule has 0 heterocycles. The number of alkyl carbamates (subject to hydrolysis) is 1. The number of nitrogens with one attached hydrogen (secondary N) is 2. The highest BCUT2D eigenvalue weighted by molar-refractivity contribution is 5.85. The summed E-state index contributed by atoms with van der Waals surface area (Å²) in [5.41, 5.74) is -0.697. The average Bonchev–Trinajstić information content (AvgIpc) is 2.43. The summed E-state index contributed by atoms with van der Waals surface area (Å²) in [6, 6.07) is -0.848. The molecule has 0 spiro atoms. The van der Waals surface area contributed by atoms with Gasteiger partial charge in [-0.15, -0.1) is 0 Å². The van der Waals surface area contributed by atoms with E-state index in [0.717, 1.165) is 0 Å². The number of carboxylic acids is 1. The summed E-state index contributed by atoms with van der Waals surface area (Å²) in [5.74, 6) is -2.07. The molecule has 0 rings (SSSR count). The number of hydrogen-bond donors (Lipinski definition) is 4.